The Morgan fingerprint density at radius 2 is 1.66 bits per heavy atom. The SMILES string of the molecule is CCC(C)C(NC(=O)C(Cc1cnc[nH]1)NC(=O)C(N)CC(=O)O)C(=O)NC(Cc1c[nH]c2ccccc12)C(=O)O. The molecule has 9 N–H and O–H groups in total. The number of nitrogens with two attached hydrogens (primary N) is 1. The second kappa shape index (κ2) is 14.1. The van der Waals surface area contributed by atoms with Gasteiger partial charge in [-0.05, 0) is 17.5 Å². The highest BCUT2D eigenvalue weighted by Gasteiger charge is 2.33. The lowest BCUT2D eigenvalue weighted by atomic mass is 9.96. The molecule has 3 rings (SSSR count). The highest BCUT2D eigenvalue weighted by molar-refractivity contribution is 5.95. The number of aliphatic carboxylic acids is 2. The number of carboxylic acids is 2. The number of rotatable bonds is 15. The Morgan fingerprint density at radius 1 is 0.951 bits per heavy atom. The quantitative estimate of drug-likeness (QED) is 0.123. The fourth-order valence-electron chi connectivity index (χ4n) is 4.32. The summed E-state index contributed by atoms with van der Waals surface area (Å²) in [6.07, 6.45) is 4.31. The van der Waals surface area contributed by atoms with E-state index in [0.29, 0.717) is 17.7 Å². The third-order valence-corrected chi connectivity index (χ3v) is 6.85. The molecule has 5 atom stereocenters. The second-order valence-electron chi connectivity index (χ2n) is 9.88. The number of nitrogens with zero attached hydrogens (tertiary/aromatic N) is 1. The largest absolute Gasteiger partial charge is 0.481 e. The molecule has 3 aromatic rings. The third-order valence-electron chi connectivity index (χ3n) is 6.85. The molecule has 220 valence electrons. The van der Waals surface area contributed by atoms with Crippen molar-refractivity contribution >= 4 is 40.6 Å². The van der Waals surface area contributed by atoms with E-state index in [0.717, 1.165) is 10.9 Å². The lowest BCUT2D eigenvalue weighted by molar-refractivity contribution is -0.142. The van der Waals surface area contributed by atoms with Crippen LogP contribution in [0.1, 0.15) is 37.9 Å². The van der Waals surface area contributed by atoms with Crippen molar-refractivity contribution in [1.82, 2.24) is 30.9 Å². The smallest absolute Gasteiger partial charge is 0.326 e. The first-order chi connectivity index (χ1) is 19.5. The van der Waals surface area contributed by atoms with Gasteiger partial charge in [-0.2, -0.15) is 0 Å². The molecule has 41 heavy (non-hydrogen) atoms. The van der Waals surface area contributed by atoms with Gasteiger partial charge in [0.15, 0.2) is 0 Å². The minimum Gasteiger partial charge on any atom is -0.481 e. The highest BCUT2D eigenvalue weighted by Crippen LogP contribution is 2.19. The maximum atomic E-state index is 13.4. The van der Waals surface area contributed by atoms with Gasteiger partial charge >= 0.3 is 11.9 Å². The number of carbonyl (C=O) groups excluding carboxylic acids is 3. The maximum Gasteiger partial charge on any atom is 0.326 e. The number of imidazole rings is 1. The van der Waals surface area contributed by atoms with E-state index < -0.39 is 66.2 Å². The summed E-state index contributed by atoms with van der Waals surface area (Å²) in [5.41, 5.74) is 7.69. The zero-order valence-electron chi connectivity index (χ0n) is 22.7. The molecule has 0 saturated carbocycles. The summed E-state index contributed by atoms with van der Waals surface area (Å²) in [5.74, 6) is -5.22. The molecule has 1 aromatic carbocycles. The average Bonchev–Trinajstić information content (AvgIpc) is 3.60. The summed E-state index contributed by atoms with van der Waals surface area (Å²) in [4.78, 5) is 72.2. The zero-order valence-corrected chi connectivity index (χ0v) is 22.7. The molecule has 0 aliphatic carbocycles. The first kappa shape index (κ1) is 30.8. The Morgan fingerprint density at radius 3 is 2.29 bits per heavy atom. The van der Waals surface area contributed by atoms with E-state index in [1.807, 2.05) is 31.2 Å². The van der Waals surface area contributed by atoms with Gasteiger partial charge < -0.3 is 41.9 Å². The molecule has 0 spiro atoms. The van der Waals surface area contributed by atoms with Crippen LogP contribution in [-0.4, -0.2) is 79.0 Å². The molecular formula is C27H35N7O7. The summed E-state index contributed by atoms with van der Waals surface area (Å²) in [6, 6.07) is 2.33. The van der Waals surface area contributed by atoms with Gasteiger partial charge in [0.05, 0.1) is 18.8 Å². The second-order valence-corrected chi connectivity index (χ2v) is 9.88. The standard InChI is InChI=1S/C27H35N7O7/c1-3-14(2)23(26(39)33-21(27(40)41)8-15-11-30-19-7-5-4-6-17(15)19)34-25(38)20(9-16-12-29-13-31-16)32-24(37)18(28)10-22(35)36/h4-7,11-14,18,20-21,23,30H,3,8-10,28H2,1-2H3,(H,29,31)(H,32,37)(H,33,39)(H,34,38)(H,35,36)(H,40,41). The van der Waals surface area contributed by atoms with E-state index in [-0.39, 0.29) is 12.8 Å². The Balaban J connectivity index is 1.77. The molecule has 3 amide bonds. The van der Waals surface area contributed by atoms with Crippen molar-refractivity contribution in [2.45, 2.75) is 63.7 Å². The van der Waals surface area contributed by atoms with E-state index in [1.165, 1.54) is 12.5 Å². The van der Waals surface area contributed by atoms with Crippen LogP contribution in [-0.2, 0) is 36.8 Å². The predicted octanol–water partition coefficient (Wildman–Crippen LogP) is 0.0633. The molecule has 14 nitrogen and oxygen atoms in total. The number of aromatic amines is 2. The van der Waals surface area contributed by atoms with Gasteiger partial charge in [-0.3, -0.25) is 19.2 Å². The average molecular weight is 570 g/mol. The summed E-state index contributed by atoms with van der Waals surface area (Å²) in [6.45, 7) is 3.54. The Bertz CT molecular complexity index is 1370. The zero-order chi connectivity index (χ0) is 30.1. The first-order valence-electron chi connectivity index (χ1n) is 13.1. The van der Waals surface area contributed by atoms with Crippen LogP contribution in [0.3, 0.4) is 0 Å². The molecule has 5 unspecified atom stereocenters. The molecule has 0 aliphatic heterocycles. The minimum atomic E-state index is -1.40. The first-order valence-corrected chi connectivity index (χ1v) is 13.1. The van der Waals surface area contributed by atoms with Gasteiger partial charge in [0.1, 0.15) is 18.1 Å². The normalized spacial score (nSPS) is 14.8. The summed E-state index contributed by atoms with van der Waals surface area (Å²) in [5, 5.41) is 27.3. The van der Waals surface area contributed by atoms with Crippen LogP contribution < -0.4 is 21.7 Å². The number of aromatic nitrogens is 3. The van der Waals surface area contributed by atoms with Crippen molar-refractivity contribution in [2.24, 2.45) is 11.7 Å². The Hall–Kier alpha value is -4.72. The number of carboxylic acid groups (broad SMARTS) is 2. The van der Waals surface area contributed by atoms with Crippen molar-refractivity contribution in [2.75, 3.05) is 0 Å². The van der Waals surface area contributed by atoms with Gasteiger partial charge in [0.2, 0.25) is 17.7 Å². The van der Waals surface area contributed by atoms with Crippen molar-refractivity contribution in [3.8, 4) is 0 Å². The van der Waals surface area contributed by atoms with Crippen LogP contribution in [0.4, 0.5) is 0 Å². The number of fused-ring (bicyclic) bond motifs is 1. The van der Waals surface area contributed by atoms with Gasteiger partial charge in [-0.15, -0.1) is 0 Å². The Labute approximate surface area is 235 Å². The number of carbonyl (C=O) groups is 5. The van der Waals surface area contributed by atoms with Crippen LogP contribution >= 0.6 is 0 Å². The van der Waals surface area contributed by atoms with Crippen molar-refractivity contribution in [1.29, 1.82) is 0 Å². The summed E-state index contributed by atoms with van der Waals surface area (Å²) >= 11 is 0. The summed E-state index contributed by atoms with van der Waals surface area (Å²) in [7, 11) is 0. The molecule has 0 fully saturated rings. The Kier molecular flexibility index (Phi) is 10.6. The molecule has 0 aliphatic rings. The molecule has 14 heteroatoms. The van der Waals surface area contributed by atoms with E-state index in [1.54, 1.807) is 13.1 Å². The number of nitrogens with one attached hydrogen (secondary N) is 5. The number of para-hydroxylation sites is 1. The van der Waals surface area contributed by atoms with Gasteiger partial charge in [0, 0.05) is 41.8 Å². The molecule has 0 radical (unpaired) electrons. The molecule has 0 saturated heterocycles. The molecular weight excluding hydrogens is 534 g/mol. The van der Waals surface area contributed by atoms with E-state index in [2.05, 4.69) is 30.9 Å². The number of H-pyrrole nitrogens is 2. The van der Waals surface area contributed by atoms with Crippen LogP contribution in [0.15, 0.2) is 43.0 Å². The van der Waals surface area contributed by atoms with Gasteiger partial charge in [-0.25, -0.2) is 9.78 Å². The lowest BCUT2D eigenvalue weighted by Gasteiger charge is -2.28. The minimum absolute atomic E-state index is 0.00618. The van der Waals surface area contributed by atoms with E-state index in [9.17, 15) is 29.1 Å². The van der Waals surface area contributed by atoms with Crippen LogP contribution in [0, 0.1) is 5.92 Å². The number of hydrogen-bond acceptors (Lipinski definition) is 7. The van der Waals surface area contributed by atoms with E-state index in [4.69, 9.17) is 10.8 Å². The fourth-order valence-corrected chi connectivity index (χ4v) is 4.32. The topological polar surface area (TPSA) is 232 Å². The highest BCUT2D eigenvalue weighted by atomic mass is 16.4. The van der Waals surface area contributed by atoms with Crippen molar-refractivity contribution < 1.29 is 34.2 Å². The number of hydrogen-bond donors (Lipinski definition) is 8. The van der Waals surface area contributed by atoms with Crippen molar-refractivity contribution in [3.63, 3.8) is 0 Å². The predicted molar refractivity (Wildman–Crippen MR) is 147 cm³/mol. The van der Waals surface area contributed by atoms with Crippen LogP contribution in [0.2, 0.25) is 0 Å². The lowest BCUT2D eigenvalue weighted by Crippen LogP contribution is -2.59. The monoisotopic (exact) mass is 569 g/mol. The molecule has 2 aromatic heterocycles. The molecule has 0 bridgehead atoms. The number of benzene rings is 1. The maximum absolute atomic E-state index is 13.4. The molecule has 2 heterocycles. The van der Waals surface area contributed by atoms with Crippen molar-refractivity contribution in [3.05, 3.63) is 54.2 Å². The number of amides is 3. The van der Waals surface area contributed by atoms with Crippen LogP contribution in [0.25, 0.3) is 10.9 Å². The van der Waals surface area contributed by atoms with Crippen LogP contribution in [0.5, 0.6) is 0 Å². The van der Waals surface area contributed by atoms with E-state index >= 15 is 0 Å². The van der Waals surface area contributed by atoms with Gasteiger partial charge in [-0.1, -0.05) is 38.5 Å². The third kappa shape index (κ3) is 8.38. The summed E-state index contributed by atoms with van der Waals surface area (Å²) < 4.78 is 0. The van der Waals surface area contributed by atoms with Gasteiger partial charge in [0.25, 0.3) is 0 Å². The fraction of sp³-hybridized carbons (Fsp3) is 0.407.